The highest BCUT2D eigenvalue weighted by atomic mass is 35.5. The Kier molecular flexibility index (Phi) is 7.27. The van der Waals surface area contributed by atoms with E-state index in [1.807, 2.05) is 12.1 Å². The van der Waals surface area contributed by atoms with Gasteiger partial charge in [-0.2, -0.15) is 0 Å². The zero-order valence-electron chi connectivity index (χ0n) is 17.7. The van der Waals surface area contributed by atoms with Gasteiger partial charge in [-0.15, -0.1) is 0 Å². The van der Waals surface area contributed by atoms with Gasteiger partial charge in [0.05, 0.1) is 12.2 Å². The average molecular weight is 499 g/mol. The Hall–Kier alpha value is -1.83. The molecule has 1 unspecified atom stereocenters. The number of nitrogens with one attached hydrogen (secondary N) is 1. The van der Waals surface area contributed by atoms with Crippen molar-refractivity contribution in [2.75, 3.05) is 30.9 Å². The monoisotopic (exact) mass is 498 g/mol. The van der Waals surface area contributed by atoms with Crippen molar-refractivity contribution in [1.29, 1.82) is 0 Å². The number of hydrogen-bond acceptors (Lipinski definition) is 4. The zero-order valence-corrected chi connectivity index (χ0v) is 20.0. The second kappa shape index (κ2) is 9.98. The second-order valence-corrected chi connectivity index (χ2v) is 10.4. The molecule has 1 heterocycles. The molecule has 1 aliphatic heterocycles. The molecule has 1 saturated heterocycles. The van der Waals surface area contributed by atoms with Crippen LogP contribution >= 0.6 is 23.2 Å². The summed E-state index contributed by atoms with van der Waals surface area (Å²) in [5.74, 6) is -0.214. The maximum atomic E-state index is 14.6. The van der Waals surface area contributed by atoms with Gasteiger partial charge in [0.2, 0.25) is 0 Å². The molecule has 0 spiro atoms. The van der Waals surface area contributed by atoms with Crippen molar-refractivity contribution in [2.45, 2.75) is 31.6 Å². The van der Waals surface area contributed by atoms with Gasteiger partial charge in [0.15, 0.2) is 0 Å². The fraction of sp³-hybridized carbons (Fsp3) is 0.435. The molecule has 2 aliphatic rings. The molecule has 4 rings (SSSR count). The van der Waals surface area contributed by atoms with E-state index in [0.717, 1.165) is 50.0 Å². The molecule has 1 aliphatic carbocycles. The lowest BCUT2D eigenvalue weighted by atomic mass is 9.97. The van der Waals surface area contributed by atoms with E-state index in [-0.39, 0.29) is 11.5 Å². The molecule has 2 aromatic rings. The summed E-state index contributed by atoms with van der Waals surface area (Å²) in [4.78, 5) is 14.4. The van der Waals surface area contributed by atoms with Crippen molar-refractivity contribution in [3.05, 3.63) is 57.3 Å². The van der Waals surface area contributed by atoms with Crippen molar-refractivity contribution < 1.29 is 18.1 Å². The van der Waals surface area contributed by atoms with Crippen LogP contribution in [-0.2, 0) is 11.0 Å². The fourth-order valence-corrected chi connectivity index (χ4v) is 4.94. The molecular formula is C23H25Cl2FN2O3S. The molecule has 172 valence electrons. The maximum absolute atomic E-state index is 14.6. The minimum Gasteiger partial charge on any atom is -0.493 e. The highest BCUT2D eigenvalue weighted by Crippen LogP contribution is 2.45. The standard InChI is InChI=1S/C23H25Cl2FN2O3S/c1-32(30)27-23(29)20-11-19(15-2-3-15)22(12-21(20)26)31-13-14-4-6-28(7-5-14)18-9-16(24)8-17(25)10-18/h8-12,14-15H,2-7,13H2,1H3,(H,27,29). The van der Waals surface area contributed by atoms with Crippen molar-refractivity contribution in [1.82, 2.24) is 4.72 Å². The Morgan fingerprint density at radius 2 is 1.78 bits per heavy atom. The van der Waals surface area contributed by atoms with E-state index in [4.69, 9.17) is 27.9 Å². The van der Waals surface area contributed by atoms with Gasteiger partial charge in [0.25, 0.3) is 5.91 Å². The number of rotatable bonds is 7. The minimum absolute atomic E-state index is 0.0945. The van der Waals surface area contributed by atoms with Gasteiger partial charge in [-0.25, -0.2) is 8.60 Å². The molecule has 2 aromatic carbocycles. The van der Waals surface area contributed by atoms with Gasteiger partial charge >= 0.3 is 0 Å². The van der Waals surface area contributed by atoms with Gasteiger partial charge in [0.1, 0.15) is 22.6 Å². The SMILES string of the molecule is CS(=O)NC(=O)c1cc(C2CC2)c(OCC2CCN(c3cc(Cl)cc(Cl)c3)CC2)cc1F. The smallest absolute Gasteiger partial charge is 0.265 e. The van der Waals surface area contributed by atoms with Crippen LogP contribution in [0.15, 0.2) is 30.3 Å². The first-order valence-electron chi connectivity index (χ1n) is 10.6. The number of anilines is 1. The molecular weight excluding hydrogens is 474 g/mol. The van der Waals surface area contributed by atoms with Crippen LogP contribution in [-0.4, -0.2) is 36.1 Å². The van der Waals surface area contributed by atoms with E-state index >= 15 is 0 Å². The summed E-state index contributed by atoms with van der Waals surface area (Å²) in [6.07, 6.45) is 5.19. The molecule has 1 amide bonds. The highest BCUT2D eigenvalue weighted by molar-refractivity contribution is 7.82. The van der Waals surface area contributed by atoms with Crippen LogP contribution < -0.4 is 14.4 Å². The summed E-state index contributed by atoms with van der Waals surface area (Å²) in [5.41, 5.74) is 1.77. The molecule has 1 N–H and O–H groups in total. The quantitative estimate of drug-likeness (QED) is 0.560. The Bertz CT molecular complexity index is 1020. The molecule has 9 heteroatoms. The summed E-state index contributed by atoms with van der Waals surface area (Å²) < 4.78 is 34.2. The molecule has 5 nitrogen and oxygen atoms in total. The average Bonchev–Trinajstić information content (AvgIpc) is 3.56. The Balaban J connectivity index is 1.39. The molecule has 1 atom stereocenters. The van der Waals surface area contributed by atoms with Gasteiger partial charge in [0, 0.05) is 41.1 Å². The Labute approximate surface area is 199 Å². The number of carbonyl (C=O) groups excluding carboxylic acids is 1. The van der Waals surface area contributed by atoms with Gasteiger partial charge < -0.3 is 9.64 Å². The van der Waals surface area contributed by atoms with E-state index in [1.54, 1.807) is 12.1 Å². The lowest BCUT2D eigenvalue weighted by Crippen LogP contribution is -2.35. The summed E-state index contributed by atoms with van der Waals surface area (Å²) >= 11 is 12.3. The topological polar surface area (TPSA) is 58.6 Å². The minimum atomic E-state index is -1.55. The highest BCUT2D eigenvalue weighted by Gasteiger charge is 2.30. The van der Waals surface area contributed by atoms with Gasteiger partial charge in [-0.05, 0) is 67.3 Å². The lowest BCUT2D eigenvalue weighted by Gasteiger charge is -2.33. The molecule has 2 fully saturated rings. The molecule has 1 saturated carbocycles. The fourth-order valence-electron chi connectivity index (χ4n) is 4.06. The van der Waals surface area contributed by atoms with Crippen LogP contribution in [0.4, 0.5) is 10.1 Å². The van der Waals surface area contributed by atoms with E-state index < -0.39 is 22.7 Å². The van der Waals surface area contributed by atoms with Crippen molar-refractivity contribution >= 4 is 45.8 Å². The number of halogens is 3. The normalized spacial score (nSPS) is 17.8. The third-order valence-corrected chi connectivity index (χ3v) is 6.81. The Morgan fingerprint density at radius 1 is 1.12 bits per heavy atom. The largest absolute Gasteiger partial charge is 0.493 e. The van der Waals surface area contributed by atoms with Crippen molar-refractivity contribution in [2.24, 2.45) is 5.92 Å². The number of piperidine rings is 1. The van der Waals surface area contributed by atoms with Crippen LogP contribution in [0.3, 0.4) is 0 Å². The predicted octanol–water partition coefficient (Wildman–Crippen LogP) is 5.33. The van der Waals surface area contributed by atoms with Gasteiger partial charge in [-0.1, -0.05) is 23.2 Å². The van der Waals surface area contributed by atoms with Gasteiger partial charge in [-0.3, -0.25) is 9.52 Å². The summed E-state index contributed by atoms with van der Waals surface area (Å²) in [5, 5.41) is 1.24. The lowest BCUT2D eigenvalue weighted by molar-refractivity contribution is 0.0979. The molecule has 32 heavy (non-hydrogen) atoms. The first-order chi connectivity index (χ1) is 15.3. The number of benzene rings is 2. The van der Waals surface area contributed by atoms with Crippen LogP contribution in [0, 0.1) is 11.7 Å². The first-order valence-corrected chi connectivity index (χ1v) is 12.9. The maximum Gasteiger partial charge on any atom is 0.265 e. The molecule has 0 radical (unpaired) electrons. The Morgan fingerprint density at radius 3 is 2.38 bits per heavy atom. The van der Waals surface area contributed by atoms with Crippen molar-refractivity contribution in [3.8, 4) is 5.75 Å². The van der Waals surface area contributed by atoms with Crippen LogP contribution in [0.25, 0.3) is 0 Å². The summed E-state index contributed by atoms with van der Waals surface area (Å²) in [7, 11) is -1.55. The number of ether oxygens (including phenoxy) is 1. The van der Waals surface area contributed by atoms with E-state index in [9.17, 15) is 13.4 Å². The third-order valence-electron chi connectivity index (χ3n) is 5.90. The van der Waals surface area contributed by atoms with Crippen LogP contribution in [0.2, 0.25) is 10.0 Å². The first kappa shape index (κ1) is 23.3. The number of amides is 1. The van der Waals surface area contributed by atoms with E-state index in [2.05, 4.69) is 9.62 Å². The van der Waals surface area contributed by atoms with E-state index in [0.29, 0.717) is 28.3 Å². The zero-order chi connectivity index (χ0) is 22.8. The third kappa shape index (κ3) is 5.74. The molecule has 0 aromatic heterocycles. The van der Waals surface area contributed by atoms with Crippen LogP contribution in [0.1, 0.15) is 47.5 Å². The summed E-state index contributed by atoms with van der Waals surface area (Å²) in [6.45, 7) is 2.22. The molecule has 0 bridgehead atoms. The number of hydrogen-bond donors (Lipinski definition) is 1. The van der Waals surface area contributed by atoms with Crippen LogP contribution in [0.5, 0.6) is 5.75 Å². The second-order valence-electron chi connectivity index (χ2n) is 8.40. The number of carbonyl (C=O) groups is 1. The predicted molar refractivity (Wildman–Crippen MR) is 127 cm³/mol. The number of nitrogens with zero attached hydrogens (tertiary/aromatic N) is 1. The summed E-state index contributed by atoms with van der Waals surface area (Å²) in [6, 6.07) is 8.40. The van der Waals surface area contributed by atoms with E-state index in [1.165, 1.54) is 12.3 Å². The van der Waals surface area contributed by atoms with Crippen molar-refractivity contribution in [3.63, 3.8) is 0 Å².